The van der Waals surface area contributed by atoms with E-state index in [1.165, 1.54) is 6.07 Å². The number of nitrogens with one attached hydrogen (secondary N) is 1. The van der Waals surface area contributed by atoms with Gasteiger partial charge in [0.1, 0.15) is 11.3 Å². The second-order valence-corrected chi connectivity index (χ2v) is 4.43. The first-order valence-corrected chi connectivity index (χ1v) is 6.27. The van der Waals surface area contributed by atoms with Crippen molar-refractivity contribution in [1.29, 1.82) is 0 Å². The first-order chi connectivity index (χ1) is 9.60. The Hall–Kier alpha value is -2.34. The third kappa shape index (κ3) is 3.36. The summed E-state index contributed by atoms with van der Waals surface area (Å²) < 4.78 is 10.6. The Balaban J connectivity index is 2.05. The number of aryl methyl sites for hydroxylation is 1. The topological polar surface area (TPSA) is 94.6 Å². The van der Waals surface area contributed by atoms with Gasteiger partial charge < -0.3 is 9.15 Å². The highest BCUT2D eigenvalue weighted by atomic mass is 16.5. The molecule has 1 aromatic heterocycles. The van der Waals surface area contributed by atoms with E-state index in [4.69, 9.17) is 15.0 Å². The van der Waals surface area contributed by atoms with Crippen LogP contribution in [0.15, 0.2) is 33.5 Å². The lowest BCUT2D eigenvalue weighted by molar-refractivity contribution is -0.121. The molecule has 0 atom stereocenters. The summed E-state index contributed by atoms with van der Waals surface area (Å²) in [6.45, 7) is 2.24. The number of benzene rings is 1. The van der Waals surface area contributed by atoms with E-state index in [2.05, 4.69) is 5.43 Å². The van der Waals surface area contributed by atoms with Crippen molar-refractivity contribution in [3.63, 3.8) is 0 Å². The van der Waals surface area contributed by atoms with Gasteiger partial charge in [-0.05, 0) is 31.0 Å². The Morgan fingerprint density at radius 2 is 2.20 bits per heavy atom. The van der Waals surface area contributed by atoms with E-state index in [9.17, 15) is 9.59 Å². The summed E-state index contributed by atoms with van der Waals surface area (Å²) in [7, 11) is 0. The molecule has 2 rings (SSSR count). The van der Waals surface area contributed by atoms with Gasteiger partial charge in [-0.2, -0.15) is 0 Å². The summed E-state index contributed by atoms with van der Waals surface area (Å²) in [5.74, 6) is 5.34. The average molecular weight is 276 g/mol. The van der Waals surface area contributed by atoms with Crippen LogP contribution in [-0.4, -0.2) is 12.5 Å². The second kappa shape index (κ2) is 6.21. The SMILES string of the molecule is Cc1cc(=O)oc2cc(OCCCC(=O)NN)ccc12. The smallest absolute Gasteiger partial charge is 0.336 e. The van der Waals surface area contributed by atoms with Gasteiger partial charge in [0.25, 0.3) is 0 Å². The number of fused-ring (bicyclic) bond motifs is 1. The molecule has 0 aliphatic heterocycles. The first kappa shape index (κ1) is 14.1. The number of carbonyl (C=O) groups is 1. The molecule has 2 aromatic rings. The molecule has 1 amide bonds. The standard InChI is InChI=1S/C14H16N2O4/c1-9-7-14(18)20-12-8-10(4-5-11(9)12)19-6-2-3-13(17)16-15/h4-5,7-8H,2-3,6,15H2,1H3,(H,16,17). The number of rotatable bonds is 5. The molecule has 20 heavy (non-hydrogen) atoms. The van der Waals surface area contributed by atoms with Gasteiger partial charge in [-0.25, -0.2) is 10.6 Å². The van der Waals surface area contributed by atoms with Crippen LogP contribution in [0, 0.1) is 6.92 Å². The fourth-order valence-electron chi connectivity index (χ4n) is 1.89. The lowest BCUT2D eigenvalue weighted by atomic mass is 10.1. The predicted molar refractivity (Wildman–Crippen MR) is 74.3 cm³/mol. The van der Waals surface area contributed by atoms with Crippen LogP contribution in [0.4, 0.5) is 0 Å². The minimum Gasteiger partial charge on any atom is -0.493 e. The maximum atomic E-state index is 11.3. The van der Waals surface area contributed by atoms with E-state index in [1.54, 1.807) is 12.1 Å². The molecule has 0 spiro atoms. The van der Waals surface area contributed by atoms with Gasteiger partial charge >= 0.3 is 5.63 Å². The third-order valence-corrected chi connectivity index (χ3v) is 2.90. The summed E-state index contributed by atoms with van der Waals surface area (Å²) in [6.07, 6.45) is 0.858. The molecular formula is C14H16N2O4. The van der Waals surface area contributed by atoms with E-state index in [1.807, 2.05) is 13.0 Å². The molecule has 0 saturated heterocycles. The number of carbonyl (C=O) groups excluding carboxylic acids is 1. The summed E-state index contributed by atoms with van der Waals surface area (Å²) >= 11 is 0. The summed E-state index contributed by atoms with van der Waals surface area (Å²) in [4.78, 5) is 22.3. The molecule has 0 aliphatic carbocycles. The molecule has 0 bridgehead atoms. The Kier molecular flexibility index (Phi) is 4.37. The molecule has 3 N–H and O–H groups in total. The Morgan fingerprint density at radius 3 is 2.95 bits per heavy atom. The van der Waals surface area contributed by atoms with Crippen molar-refractivity contribution in [2.75, 3.05) is 6.61 Å². The Bertz CT molecular complexity index is 678. The minimum absolute atomic E-state index is 0.228. The molecule has 1 aromatic carbocycles. The van der Waals surface area contributed by atoms with Crippen LogP contribution in [0.25, 0.3) is 11.0 Å². The first-order valence-electron chi connectivity index (χ1n) is 6.27. The van der Waals surface area contributed by atoms with Gasteiger partial charge in [0, 0.05) is 23.9 Å². The number of hydrogen-bond donors (Lipinski definition) is 2. The molecule has 0 radical (unpaired) electrons. The molecule has 0 aliphatic rings. The summed E-state index contributed by atoms with van der Waals surface area (Å²) in [6, 6.07) is 6.77. The highest BCUT2D eigenvalue weighted by Crippen LogP contribution is 2.22. The van der Waals surface area contributed by atoms with E-state index in [0.717, 1.165) is 10.9 Å². The minimum atomic E-state index is -0.383. The van der Waals surface area contributed by atoms with Crippen LogP contribution in [0.1, 0.15) is 18.4 Å². The lowest BCUT2D eigenvalue weighted by Crippen LogP contribution is -2.29. The lowest BCUT2D eigenvalue weighted by Gasteiger charge is -2.07. The van der Waals surface area contributed by atoms with Gasteiger partial charge in [-0.3, -0.25) is 10.2 Å². The van der Waals surface area contributed by atoms with Gasteiger partial charge in [-0.1, -0.05) is 0 Å². The molecule has 0 unspecified atom stereocenters. The van der Waals surface area contributed by atoms with E-state index in [-0.39, 0.29) is 11.5 Å². The van der Waals surface area contributed by atoms with Crippen molar-refractivity contribution in [1.82, 2.24) is 5.43 Å². The molecule has 1 heterocycles. The molecule has 106 valence electrons. The fraction of sp³-hybridized carbons (Fsp3) is 0.286. The number of hydrazine groups is 1. The van der Waals surface area contributed by atoms with Crippen LogP contribution in [0.2, 0.25) is 0 Å². The van der Waals surface area contributed by atoms with Gasteiger partial charge in [0.2, 0.25) is 5.91 Å². The second-order valence-electron chi connectivity index (χ2n) is 4.43. The van der Waals surface area contributed by atoms with Crippen molar-refractivity contribution in [3.8, 4) is 5.75 Å². The maximum absolute atomic E-state index is 11.3. The van der Waals surface area contributed by atoms with E-state index >= 15 is 0 Å². The van der Waals surface area contributed by atoms with Gasteiger partial charge in [0.15, 0.2) is 0 Å². The maximum Gasteiger partial charge on any atom is 0.336 e. The number of nitrogens with two attached hydrogens (primary N) is 1. The molecule has 6 heteroatoms. The van der Waals surface area contributed by atoms with Crippen molar-refractivity contribution in [2.45, 2.75) is 19.8 Å². The van der Waals surface area contributed by atoms with Crippen LogP contribution < -0.4 is 21.6 Å². The van der Waals surface area contributed by atoms with Crippen LogP contribution in [-0.2, 0) is 4.79 Å². The largest absolute Gasteiger partial charge is 0.493 e. The summed E-state index contributed by atoms with van der Waals surface area (Å²) in [5.41, 5.74) is 3.03. The van der Waals surface area contributed by atoms with E-state index in [0.29, 0.717) is 30.8 Å². The van der Waals surface area contributed by atoms with Gasteiger partial charge in [0.05, 0.1) is 6.61 Å². The monoisotopic (exact) mass is 276 g/mol. The summed E-state index contributed by atoms with van der Waals surface area (Å²) in [5, 5.41) is 0.874. The number of hydrogen-bond acceptors (Lipinski definition) is 5. The zero-order valence-corrected chi connectivity index (χ0v) is 11.1. The van der Waals surface area contributed by atoms with Crippen molar-refractivity contribution in [3.05, 3.63) is 40.2 Å². The molecule has 0 saturated carbocycles. The molecular weight excluding hydrogens is 260 g/mol. The van der Waals surface area contributed by atoms with E-state index < -0.39 is 0 Å². The van der Waals surface area contributed by atoms with Crippen molar-refractivity contribution < 1.29 is 13.9 Å². The molecule has 6 nitrogen and oxygen atoms in total. The number of amides is 1. The zero-order valence-electron chi connectivity index (χ0n) is 11.1. The van der Waals surface area contributed by atoms with Gasteiger partial charge in [-0.15, -0.1) is 0 Å². The number of ether oxygens (including phenoxy) is 1. The van der Waals surface area contributed by atoms with Crippen LogP contribution in [0.5, 0.6) is 5.75 Å². The van der Waals surface area contributed by atoms with Crippen molar-refractivity contribution >= 4 is 16.9 Å². The highest BCUT2D eigenvalue weighted by Gasteiger charge is 2.04. The molecule has 0 fully saturated rings. The fourth-order valence-corrected chi connectivity index (χ4v) is 1.89. The normalized spacial score (nSPS) is 10.5. The van der Waals surface area contributed by atoms with Crippen LogP contribution in [0.3, 0.4) is 0 Å². The Labute approximate surface area is 115 Å². The van der Waals surface area contributed by atoms with Crippen molar-refractivity contribution in [2.24, 2.45) is 5.84 Å². The average Bonchev–Trinajstić information content (AvgIpc) is 2.42. The predicted octanol–water partition coefficient (Wildman–Crippen LogP) is 1.25. The van der Waals surface area contributed by atoms with Crippen LogP contribution >= 0.6 is 0 Å². The highest BCUT2D eigenvalue weighted by molar-refractivity contribution is 5.81. The Morgan fingerprint density at radius 1 is 1.40 bits per heavy atom. The third-order valence-electron chi connectivity index (χ3n) is 2.90. The quantitative estimate of drug-likeness (QED) is 0.282. The zero-order chi connectivity index (χ0) is 14.5.